The summed E-state index contributed by atoms with van der Waals surface area (Å²) in [7, 11) is 1.61. The molecule has 33 heavy (non-hydrogen) atoms. The van der Waals surface area contributed by atoms with Crippen LogP contribution in [0.2, 0.25) is 0 Å². The molecule has 170 valence electrons. The zero-order valence-electron chi connectivity index (χ0n) is 19.0. The maximum absolute atomic E-state index is 13.6. The molecular weight excluding hydrogens is 425 g/mol. The number of anilines is 1. The maximum atomic E-state index is 13.6. The van der Waals surface area contributed by atoms with Crippen LogP contribution in [0.4, 0.5) is 10.1 Å². The number of aromatic nitrogens is 1. The van der Waals surface area contributed by atoms with Crippen molar-refractivity contribution in [2.45, 2.75) is 33.2 Å². The molecule has 0 saturated heterocycles. The van der Waals surface area contributed by atoms with Crippen LogP contribution < -0.4 is 10.6 Å². The molecule has 0 radical (unpaired) electrons. The predicted molar refractivity (Wildman–Crippen MR) is 122 cm³/mol. The van der Waals surface area contributed by atoms with Gasteiger partial charge in [-0.15, -0.1) is 0 Å². The minimum Gasteiger partial charge on any atom is -0.343 e. The Kier molecular flexibility index (Phi) is 6.31. The second-order valence-electron chi connectivity index (χ2n) is 8.32. The standard InChI is InChI=1S/C24H24FN5O3/c1-13-19(21(31)23(33)29-24(3,4)16-8-9-27-12-16)14(2)30(5)20(13)22(32)28-17-6-7-18(25)15(10-17)11-26/h6-8,10,12H,9H2,1-5H3,(H,28,32)(H,29,33). The van der Waals surface area contributed by atoms with Gasteiger partial charge in [0.05, 0.1) is 23.2 Å². The molecule has 0 unspecified atom stereocenters. The number of benzene rings is 1. The highest BCUT2D eigenvalue weighted by molar-refractivity contribution is 6.44. The van der Waals surface area contributed by atoms with Gasteiger partial charge in [0, 0.05) is 24.6 Å². The second-order valence-corrected chi connectivity index (χ2v) is 8.32. The quantitative estimate of drug-likeness (QED) is 0.521. The van der Waals surface area contributed by atoms with Crippen molar-refractivity contribution in [3.63, 3.8) is 0 Å². The summed E-state index contributed by atoms with van der Waals surface area (Å²) < 4.78 is 15.1. The molecule has 8 nitrogen and oxygen atoms in total. The molecule has 0 saturated carbocycles. The fourth-order valence-corrected chi connectivity index (χ4v) is 3.81. The van der Waals surface area contributed by atoms with Gasteiger partial charge in [0.1, 0.15) is 17.6 Å². The molecule has 3 rings (SSSR count). The Labute approximate surface area is 190 Å². The van der Waals surface area contributed by atoms with E-state index in [4.69, 9.17) is 5.26 Å². The average Bonchev–Trinajstić information content (AvgIpc) is 3.37. The molecule has 1 aliphatic rings. The van der Waals surface area contributed by atoms with Crippen LogP contribution in [-0.4, -0.2) is 40.5 Å². The third-order valence-electron chi connectivity index (χ3n) is 5.72. The Balaban J connectivity index is 1.87. The van der Waals surface area contributed by atoms with Crippen molar-refractivity contribution in [2.24, 2.45) is 12.0 Å². The van der Waals surface area contributed by atoms with Crippen LogP contribution in [0.5, 0.6) is 0 Å². The number of amides is 2. The van der Waals surface area contributed by atoms with Gasteiger partial charge in [-0.25, -0.2) is 4.39 Å². The molecule has 0 aliphatic carbocycles. The smallest absolute Gasteiger partial charge is 0.293 e. The zero-order valence-corrected chi connectivity index (χ0v) is 19.0. The number of rotatable bonds is 6. The third kappa shape index (κ3) is 4.46. The highest BCUT2D eigenvalue weighted by atomic mass is 19.1. The first kappa shape index (κ1) is 23.6. The van der Waals surface area contributed by atoms with E-state index in [0.717, 1.165) is 11.6 Å². The molecule has 0 fully saturated rings. The normalized spacial score (nSPS) is 12.8. The summed E-state index contributed by atoms with van der Waals surface area (Å²) >= 11 is 0. The summed E-state index contributed by atoms with van der Waals surface area (Å²) in [5.74, 6) is -2.79. The summed E-state index contributed by atoms with van der Waals surface area (Å²) in [6.07, 6.45) is 3.54. The first-order valence-corrected chi connectivity index (χ1v) is 10.2. The van der Waals surface area contributed by atoms with Gasteiger partial charge in [0.2, 0.25) is 0 Å². The average molecular weight is 449 g/mol. The number of nitrogens with zero attached hydrogens (tertiary/aromatic N) is 3. The number of halogens is 1. The molecule has 1 aromatic heterocycles. The van der Waals surface area contributed by atoms with Crippen molar-refractivity contribution < 1.29 is 18.8 Å². The van der Waals surface area contributed by atoms with Crippen LogP contribution in [0, 0.1) is 31.0 Å². The lowest BCUT2D eigenvalue weighted by Crippen LogP contribution is -2.48. The minimum absolute atomic E-state index is 0.141. The Morgan fingerprint density at radius 3 is 2.55 bits per heavy atom. The number of nitriles is 1. The van der Waals surface area contributed by atoms with Gasteiger partial charge in [-0.2, -0.15) is 5.26 Å². The van der Waals surface area contributed by atoms with Crippen LogP contribution in [0.25, 0.3) is 0 Å². The monoisotopic (exact) mass is 449 g/mol. The van der Waals surface area contributed by atoms with Crippen LogP contribution >= 0.6 is 0 Å². The number of ketones is 1. The molecule has 2 heterocycles. The molecule has 1 aromatic carbocycles. The van der Waals surface area contributed by atoms with Crippen molar-refractivity contribution in [2.75, 3.05) is 11.9 Å². The van der Waals surface area contributed by atoms with Crippen molar-refractivity contribution >= 4 is 29.5 Å². The van der Waals surface area contributed by atoms with E-state index < -0.39 is 29.0 Å². The van der Waals surface area contributed by atoms with E-state index in [0.29, 0.717) is 17.8 Å². The highest BCUT2D eigenvalue weighted by Gasteiger charge is 2.32. The van der Waals surface area contributed by atoms with E-state index in [1.54, 1.807) is 47.0 Å². The number of Topliss-reactive ketones (excluding diaryl/α,β-unsaturated/α-hetero) is 1. The van der Waals surface area contributed by atoms with Gasteiger partial charge in [-0.3, -0.25) is 19.4 Å². The molecule has 2 aromatic rings. The maximum Gasteiger partial charge on any atom is 0.293 e. The number of nitrogens with one attached hydrogen (secondary N) is 2. The second kappa shape index (κ2) is 8.82. The summed E-state index contributed by atoms with van der Waals surface area (Å²) in [6, 6.07) is 5.36. The van der Waals surface area contributed by atoms with Gasteiger partial charge in [0.15, 0.2) is 0 Å². The number of hydrogen-bond donors (Lipinski definition) is 2. The number of carbonyl (C=O) groups excluding carboxylic acids is 3. The lowest BCUT2D eigenvalue weighted by Gasteiger charge is -2.26. The lowest BCUT2D eigenvalue weighted by atomic mass is 9.94. The van der Waals surface area contributed by atoms with E-state index in [2.05, 4.69) is 15.6 Å². The van der Waals surface area contributed by atoms with E-state index in [1.807, 2.05) is 6.08 Å². The fourth-order valence-electron chi connectivity index (χ4n) is 3.81. The molecule has 9 heteroatoms. The Bertz CT molecular complexity index is 1280. The molecule has 0 bridgehead atoms. The first-order chi connectivity index (χ1) is 15.5. The molecule has 0 spiro atoms. The van der Waals surface area contributed by atoms with Crippen LogP contribution in [-0.2, 0) is 11.8 Å². The topological polar surface area (TPSA) is 116 Å². The van der Waals surface area contributed by atoms with Gasteiger partial charge in [-0.1, -0.05) is 6.08 Å². The summed E-state index contributed by atoms with van der Waals surface area (Å²) in [6.45, 7) is 7.33. The minimum atomic E-state index is -0.790. The Morgan fingerprint density at radius 2 is 1.94 bits per heavy atom. The van der Waals surface area contributed by atoms with Crippen molar-refractivity contribution in [1.29, 1.82) is 5.26 Å². The Morgan fingerprint density at radius 1 is 1.24 bits per heavy atom. The largest absolute Gasteiger partial charge is 0.343 e. The van der Waals surface area contributed by atoms with Gasteiger partial charge in [-0.05, 0) is 57.0 Å². The summed E-state index contributed by atoms with van der Waals surface area (Å²) in [4.78, 5) is 42.9. The van der Waals surface area contributed by atoms with Crippen LogP contribution in [0.1, 0.15) is 51.5 Å². The van der Waals surface area contributed by atoms with E-state index in [9.17, 15) is 18.8 Å². The molecule has 2 amide bonds. The molecular formula is C24H24FN5O3. The van der Waals surface area contributed by atoms with E-state index in [1.165, 1.54) is 16.7 Å². The fraction of sp³-hybridized carbons (Fsp3) is 0.292. The molecule has 1 aliphatic heterocycles. The zero-order chi connectivity index (χ0) is 24.5. The van der Waals surface area contributed by atoms with Crippen LogP contribution in [0.15, 0.2) is 34.8 Å². The van der Waals surface area contributed by atoms with E-state index in [-0.39, 0.29) is 22.5 Å². The van der Waals surface area contributed by atoms with Crippen molar-refractivity contribution in [3.05, 3.63) is 63.7 Å². The molecule has 0 atom stereocenters. The number of hydrogen-bond acceptors (Lipinski definition) is 5. The highest BCUT2D eigenvalue weighted by Crippen LogP contribution is 2.24. The van der Waals surface area contributed by atoms with Gasteiger partial charge in [0.25, 0.3) is 17.6 Å². The SMILES string of the molecule is Cc1c(C(=O)C(=O)NC(C)(C)C2=CCN=C2)c(C)n(C)c1C(=O)Nc1ccc(F)c(C#N)c1. The van der Waals surface area contributed by atoms with Crippen LogP contribution in [0.3, 0.4) is 0 Å². The molecule has 2 N–H and O–H groups in total. The van der Waals surface area contributed by atoms with Gasteiger partial charge < -0.3 is 15.2 Å². The van der Waals surface area contributed by atoms with Crippen molar-refractivity contribution in [3.8, 4) is 6.07 Å². The number of carbonyl (C=O) groups is 3. The summed E-state index contributed by atoms with van der Waals surface area (Å²) in [5, 5.41) is 14.3. The lowest BCUT2D eigenvalue weighted by molar-refractivity contribution is -0.118. The van der Waals surface area contributed by atoms with Crippen molar-refractivity contribution in [1.82, 2.24) is 9.88 Å². The summed E-state index contributed by atoms with van der Waals surface area (Å²) in [5.41, 5.74) is 1.16. The third-order valence-corrected chi connectivity index (χ3v) is 5.72. The Hall–Kier alpha value is -4.06. The first-order valence-electron chi connectivity index (χ1n) is 10.2. The predicted octanol–water partition coefficient (Wildman–Crippen LogP) is 2.99. The number of aliphatic imine (C=N–C) groups is 1. The van der Waals surface area contributed by atoms with Gasteiger partial charge >= 0.3 is 0 Å². The van der Waals surface area contributed by atoms with E-state index >= 15 is 0 Å².